The fraction of sp³-hybridized carbons (Fsp3) is 0. The van der Waals surface area contributed by atoms with Crippen LogP contribution in [0, 0.1) is 0 Å². The fourth-order valence-electron chi connectivity index (χ4n) is 3.14. The van der Waals surface area contributed by atoms with Crippen LogP contribution in [0.2, 0.25) is 5.02 Å². The Morgan fingerprint density at radius 3 is 2.38 bits per heavy atom. The Morgan fingerprint density at radius 2 is 1.56 bits per heavy atom. The van der Waals surface area contributed by atoms with Crippen molar-refractivity contribution in [2.24, 2.45) is 5.10 Å². The van der Waals surface area contributed by atoms with E-state index in [2.05, 4.69) is 15.8 Å². The lowest BCUT2D eigenvalue weighted by atomic mass is 10.1. The van der Waals surface area contributed by atoms with Crippen molar-refractivity contribution in [3.63, 3.8) is 0 Å². The van der Waals surface area contributed by atoms with Crippen LogP contribution in [-0.4, -0.2) is 24.0 Å². The number of hydrazone groups is 1. The third-order valence-corrected chi connectivity index (χ3v) is 5.02. The molecule has 0 fully saturated rings. The first kappa shape index (κ1) is 22.7. The van der Waals surface area contributed by atoms with E-state index in [0.29, 0.717) is 27.6 Å². The Hall–Kier alpha value is -4.49. The van der Waals surface area contributed by atoms with Gasteiger partial charge in [0.05, 0.1) is 11.8 Å². The van der Waals surface area contributed by atoms with Crippen LogP contribution < -0.4 is 15.5 Å². The summed E-state index contributed by atoms with van der Waals surface area (Å²) in [5, 5.41) is 8.68. The summed E-state index contributed by atoms with van der Waals surface area (Å²) < 4.78 is 5.35. The van der Waals surface area contributed by atoms with Crippen LogP contribution in [0.3, 0.4) is 0 Å². The lowest BCUT2D eigenvalue weighted by Gasteiger charge is -2.07. The number of hydrogen-bond donors (Lipinski definition) is 2. The van der Waals surface area contributed by atoms with E-state index in [1.165, 1.54) is 6.21 Å². The number of rotatable bonds is 5. The molecule has 0 spiro atoms. The topological polar surface area (TPSA) is 96.9 Å². The second kappa shape index (κ2) is 10.4. The van der Waals surface area contributed by atoms with Crippen molar-refractivity contribution in [3.8, 4) is 5.75 Å². The summed E-state index contributed by atoms with van der Waals surface area (Å²) in [4.78, 5) is 36.7. The highest BCUT2D eigenvalue weighted by molar-refractivity contribution is 6.40. The minimum Gasteiger partial charge on any atom is -0.423 e. The molecule has 0 bridgehead atoms. The van der Waals surface area contributed by atoms with E-state index in [1.54, 1.807) is 60.7 Å². The van der Waals surface area contributed by atoms with Crippen LogP contribution >= 0.6 is 11.6 Å². The second-order valence-corrected chi connectivity index (χ2v) is 7.59. The van der Waals surface area contributed by atoms with Crippen molar-refractivity contribution in [1.82, 2.24) is 5.43 Å². The molecule has 168 valence electrons. The molecule has 0 aromatic heterocycles. The Morgan fingerprint density at radius 1 is 0.824 bits per heavy atom. The van der Waals surface area contributed by atoms with Crippen molar-refractivity contribution in [2.75, 3.05) is 5.32 Å². The molecule has 4 aromatic rings. The van der Waals surface area contributed by atoms with E-state index >= 15 is 0 Å². The van der Waals surface area contributed by atoms with Crippen LogP contribution in [0.25, 0.3) is 10.8 Å². The van der Waals surface area contributed by atoms with Crippen molar-refractivity contribution < 1.29 is 19.1 Å². The summed E-state index contributed by atoms with van der Waals surface area (Å²) in [5.74, 6) is -2.01. The maximum absolute atomic E-state index is 12.3. The number of amides is 2. The number of carbonyl (C=O) groups excluding carboxylic acids is 3. The summed E-state index contributed by atoms with van der Waals surface area (Å²) in [5.41, 5.74) is 3.62. The molecule has 8 heteroatoms. The van der Waals surface area contributed by atoms with Gasteiger partial charge in [-0.05, 0) is 53.4 Å². The van der Waals surface area contributed by atoms with E-state index in [9.17, 15) is 14.4 Å². The molecule has 4 rings (SSSR count). The van der Waals surface area contributed by atoms with Gasteiger partial charge in [0.25, 0.3) is 0 Å². The van der Waals surface area contributed by atoms with E-state index in [1.807, 2.05) is 30.3 Å². The molecular weight excluding hydrogens is 454 g/mol. The maximum Gasteiger partial charge on any atom is 0.343 e. The summed E-state index contributed by atoms with van der Waals surface area (Å²) in [6.45, 7) is 0. The molecule has 0 aliphatic rings. The normalized spacial score (nSPS) is 10.7. The first-order valence-electron chi connectivity index (χ1n) is 10.2. The number of hydrogen-bond acceptors (Lipinski definition) is 5. The number of halogens is 1. The van der Waals surface area contributed by atoms with Gasteiger partial charge in [0.1, 0.15) is 5.75 Å². The first-order valence-corrected chi connectivity index (χ1v) is 10.6. The van der Waals surface area contributed by atoms with E-state index < -0.39 is 17.8 Å². The van der Waals surface area contributed by atoms with Crippen LogP contribution in [0.15, 0.2) is 96.1 Å². The van der Waals surface area contributed by atoms with Crippen LogP contribution in [0.1, 0.15) is 15.9 Å². The van der Waals surface area contributed by atoms with Crippen molar-refractivity contribution in [3.05, 3.63) is 107 Å². The fourth-order valence-corrected chi connectivity index (χ4v) is 3.27. The molecule has 0 aliphatic heterocycles. The third-order valence-electron chi connectivity index (χ3n) is 4.77. The average Bonchev–Trinajstić information content (AvgIpc) is 2.85. The number of nitrogens with zero attached hydrogens (tertiary/aromatic N) is 1. The Balaban J connectivity index is 1.35. The van der Waals surface area contributed by atoms with Crippen molar-refractivity contribution >= 4 is 52.1 Å². The maximum atomic E-state index is 12.3. The van der Waals surface area contributed by atoms with Gasteiger partial charge in [-0.3, -0.25) is 9.59 Å². The Kier molecular flexibility index (Phi) is 6.95. The predicted molar refractivity (Wildman–Crippen MR) is 131 cm³/mol. The van der Waals surface area contributed by atoms with Crippen LogP contribution in [0.5, 0.6) is 5.75 Å². The number of fused-ring (bicyclic) bond motifs is 1. The number of carbonyl (C=O) groups is 3. The summed E-state index contributed by atoms with van der Waals surface area (Å²) in [6.07, 6.45) is 1.34. The minimum atomic E-state index is -0.922. The molecule has 0 saturated carbocycles. The highest BCUT2D eigenvalue weighted by Gasteiger charge is 2.14. The molecule has 0 atom stereocenters. The van der Waals surface area contributed by atoms with Crippen LogP contribution in [-0.2, 0) is 9.59 Å². The summed E-state index contributed by atoms with van der Waals surface area (Å²) >= 11 is 5.83. The third kappa shape index (κ3) is 5.65. The van der Waals surface area contributed by atoms with Gasteiger partial charge in [-0.15, -0.1) is 0 Å². The van der Waals surface area contributed by atoms with Gasteiger partial charge in [-0.2, -0.15) is 5.10 Å². The number of ether oxygens (including phenoxy) is 1. The summed E-state index contributed by atoms with van der Waals surface area (Å²) in [7, 11) is 0. The van der Waals surface area contributed by atoms with Gasteiger partial charge in [-0.25, -0.2) is 10.2 Å². The SMILES string of the molecule is O=C(N/N=C/c1cccc(OC(=O)c2ccc(Cl)cc2)c1)C(=O)Nc1cccc2ccccc12. The molecule has 4 aromatic carbocycles. The quantitative estimate of drug-likeness (QED) is 0.144. The molecule has 7 nitrogen and oxygen atoms in total. The average molecular weight is 472 g/mol. The predicted octanol–water partition coefficient (Wildman–Crippen LogP) is 4.80. The van der Waals surface area contributed by atoms with E-state index in [0.717, 1.165) is 10.8 Å². The zero-order valence-corrected chi connectivity index (χ0v) is 18.5. The number of benzene rings is 4. The van der Waals surface area contributed by atoms with Gasteiger partial charge in [0, 0.05) is 16.1 Å². The minimum absolute atomic E-state index is 0.295. The van der Waals surface area contributed by atoms with E-state index in [-0.39, 0.29) is 0 Å². The molecule has 0 saturated heterocycles. The largest absolute Gasteiger partial charge is 0.423 e. The van der Waals surface area contributed by atoms with Gasteiger partial charge in [0.15, 0.2) is 0 Å². The van der Waals surface area contributed by atoms with Gasteiger partial charge < -0.3 is 10.1 Å². The molecule has 0 aliphatic carbocycles. The number of anilines is 1. The highest BCUT2D eigenvalue weighted by Crippen LogP contribution is 2.22. The Labute approximate surface area is 200 Å². The van der Waals surface area contributed by atoms with Gasteiger partial charge >= 0.3 is 17.8 Å². The zero-order chi connectivity index (χ0) is 23.9. The second-order valence-electron chi connectivity index (χ2n) is 7.15. The smallest absolute Gasteiger partial charge is 0.343 e. The van der Waals surface area contributed by atoms with Gasteiger partial charge in [-0.1, -0.05) is 60.1 Å². The number of nitrogens with one attached hydrogen (secondary N) is 2. The molecule has 0 heterocycles. The summed E-state index contributed by atoms with van der Waals surface area (Å²) in [6, 6.07) is 25.8. The van der Waals surface area contributed by atoms with Crippen molar-refractivity contribution in [1.29, 1.82) is 0 Å². The molecule has 2 amide bonds. The Bertz CT molecular complexity index is 1400. The van der Waals surface area contributed by atoms with E-state index in [4.69, 9.17) is 16.3 Å². The van der Waals surface area contributed by atoms with Crippen molar-refractivity contribution in [2.45, 2.75) is 0 Å². The van der Waals surface area contributed by atoms with Crippen LogP contribution in [0.4, 0.5) is 5.69 Å². The molecule has 0 radical (unpaired) electrons. The lowest BCUT2D eigenvalue weighted by Crippen LogP contribution is -2.32. The molecule has 34 heavy (non-hydrogen) atoms. The number of esters is 1. The first-order chi connectivity index (χ1) is 16.5. The molecule has 2 N–H and O–H groups in total. The monoisotopic (exact) mass is 471 g/mol. The standard InChI is InChI=1S/C26H18ClN3O4/c27-20-13-11-19(12-14-20)26(33)34-21-8-3-5-17(15-21)16-28-30-25(32)24(31)29-23-10-4-7-18-6-1-2-9-22(18)23/h1-16H,(H,29,31)(H,30,32)/b28-16+. The van der Waals surface area contributed by atoms with Gasteiger partial charge in [0.2, 0.25) is 0 Å². The lowest BCUT2D eigenvalue weighted by molar-refractivity contribution is -0.136. The molecular formula is C26H18ClN3O4. The highest BCUT2D eigenvalue weighted by atomic mass is 35.5. The molecule has 0 unspecified atom stereocenters. The zero-order valence-electron chi connectivity index (χ0n) is 17.7.